The lowest BCUT2D eigenvalue weighted by molar-refractivity contribution is 0.0745. The van der Waals surface area contributed by atoms with E-state index in [0.29, 0.717) is 43.9 Å². The molecule has 8 nitrogen and oxygen atoms in total. The van der Waals surface area contributed by atoms with Crippen molar-refractivity contribution in [3.05, 3.63) is 57.6 Å². The maximum Gasteiger partial charge on any atom is 0.255 e. The highest BCUT2D eigenvalue weighted by atomic mass is 16.2. The maximum absolute atomic E-state index is 12.8. The van der Waals surface area contributed by atoms with E-state index in [1.54, 1.807) is 23.4 Å². The van der Waals surface area contributed by atoms with Gasteiger partial charge in [-0.2, -0.15) is 5.26 Å². The molecule has 2 N–H and O–H groups in total. The molecule has 3 rings (SSSR count). The molecule has 3 heterocycles. The number of nitrogens with two attached hydrogens (primary N) is 1. The summed E-state index contributed by atoms with van der Waals surface area (Å²) < 4.78 is 1.48. The molecule has 0 saturated carbocycles. The monoisotopic (exact) mass is 380 g/mol. The lowest BCUT2D eigenvalue weighted by atomic mass is 10.1. The molecule has 1 amide bonds. The van der Waals surface area contributed by atoms with Crippen LogP contribution in [-0.2, 0) is 6.54 Å². The summed E-state index contributed by atoms with van der Waals surface area (Å²) in [5.74, 6) is 0.719. The Morgan fingerprint density at radius 3 is 2.64 bits per heavy atom. The van der Waals surface area contributed by atoms with Crippen LogP contribution in [0.5, 0.6) is 0 Å². The van der Waals surface area contributed by atoms with Gasteiger partial charge in [-0.05, 0) is 31.5 Å². The smallest absolute Gasteiger partial charge is 0.255 e. The van der Waals surface area contributed by atoms with Crippen molar-refractivity contribution < 1.29 is 4.79 Å². The number of aryl methyl sites for hydroxylation is 1. The van der Waals surface area contributed by atoms with E-state index < -0.39 is 0 Å². The van der Waals surface area contributed by atoms with E-state index in [1.165, 1.54) is 10.6 Å². The third-order valence-electron chi connectivity index (χ3n) is 4.82. The fourth-order valence-electron chi connectivity index (χ4n) is 3.26. The summed E-state index contributed by atoms with van der Waals surface area (Å²) in [6, 6.07) is 6.83. The average Bonchev–Trinajstić information content (AvgIpc) is 2.69. The Morgan fingerprint density at radius 2 is 2.04 bits per heavy atom. The van der Waals surface area contributed by atoms with Gasteiger partial charge in [-0.25, -0.2) is 4.98 Å². The average molecular weight is 380 g/mol. The quantitative estimate of drug-likeness (QED) is 0.838. The number of nitriles is 1. The number of aromatic nitrogens is 2. The number of hydrogen-bond donors (Lipinski definition) is 1. The Kier molecular flexibility index (Phi) is 5.76. The first-order chi connectivity index (χ1) is 13.4. The van der Waals surface area contributed by atoms with Crippen molar-refractivity contribution >= 4 is 11.7 Å². The van der Waals surface area contributed by atoms with Crippen LogP contribution in [0.2, 0.25) is 0 Å². The van der Waals surface area contributed by atoms with Gasteiger partial charge in [0, 0.05) is 57.2 Å². The number of rotatable bonds is 4. The Bertz CT molecular complexity index is 967. The number of amides is 1. The van der Waals surface area contributed by atoms with Crippen LogP contribution >= 0.6 is 0 Å². The van der Waals surface area contributed by atoms with Crippen molar-refractivity contribution in [1.82, 2.24) is 14.5 Å². The normalized spacial score (nSPS) is 15.2. The van der Waals surface area contributed by atoms with E-state index in [4.69, 9.17) is 11.0 Å². The van der Waals surface area contributed by atoms with Gasteiger partial charge in [0.2, 0.25) is 0 Å². The molecule has 146 valence electrons. The Labute approximate surface area is 163 Å². The first kappa shape index (κ1) is 19.6. The van der Waals surface area contributed by atoms with Crippen molar-refractivity contribution in [2.75, 3.05) is 31.1 Å². The molecule has 2 aromatic heterocycles. The highest BCUT2D eigenvalue weighted by molar-refractivity contribution is 5.94. The Hall–Kier alpha value is -3.18. The van der Waals surface area contributed by atoms with Crippen molar-refractivity contribution in [3.8, 4) is 6.07 Å². The number of hydrogen-bond acceptors (Lipinski definition) is 6. The number of anilines is 1. The summed E-state index contributed by atoms with van der Waals surface area (Å²) in [6.45, 7) is 6.52. The van der Waals surface area contributed by atoms with Crippen LogP contribution < -0.4 is 16.2 Å². The third-order valence-corrected chi connectivity index (χ3v) is 4.82. The number of nitrogens with zero attached hydrogens (tertiary/aromatic N) is 5. The van der Waals surface area contributed by atoms with E-state index in [1.807, 2.05) is 19.9 Å². The van der Waals surface area contributed by atoms with Crippen LogP contribution in [0.1, 0.15) is 28.4 Å². The van der Waals surface area contributed by atoms with Crippen LogP contribution in [0, 0.1) is 18.3 Å². The number of carbonyl (C=O) groups is 1. The third kappa shape index (κ3) is 4.21. The van der Waals surface area contributed by atoms with Crippen LogP contribution in [0.25, 0.3) is 0 Å². The summed E-state index contributed by atoms with van der Waals surface area (Å²) in [7, 11) is 0. The fraction of sp³-hybridized carbons (Fsp3) is 0.400. The van der Waals surface area contributed by atoms with Crippen LogP contribution in [0.3, 0.4) is 0 Å². The zero-order chi connectivity index (χ0) is 20.3. The molecule has 1 aliphatic heterocycles. The van der Waals surface area contributed by atoms with Gasteiger partial charge in [0.15, 0.2) is 0 Å². The second-order valence-corrected chi connectivity index (χ2v) is 7.13. The van der Waals surface area contributed by atoms with E-state index in [-0.39, 0.29) is 17.5 Å². The summed E-state index contributed by atoms with van der Waals surface area (Å²) >= 11 is 0. The predicted octanol–water partition coefficient (Wildman–Crippen LogP) is 0.733. The molecule has 28 heavy (non-hydrogen) atoms. The molecule has 0 bridgehead atoms. The minimum Gasteiger partial charge on any atom is -0.353 e. The predicted molar refractivity (Wildman–Crippen MR) is 106 cm³/mol. The first-order valence-corrected chi connectivity index (χ1v) is 9.26. The molecule has 8 heteroatoms. The van der Waals surface area contributed by atoms with Gasteiger partial charge in [0.25, 0.3) is 11.5 Å². The van der Waals surface area contributed by atoms with E-state index >= 15 is 0 Å². The van der Waals surface area contributed by atoms with Crippen LogP contribution in [0.15, 0.2) is 35.4 Å². The number of piperazine rings is 1. The van der Waals surface area contributed by atoms with Gasteiger partial charge < -0.3 is 20.1 Å². The van der Waals surface area contributed by atoms with Gasteiger partial charge >= 0.3 is 0 Å². The molecule has 0 spiro atoms. The summed E-state index contributed by atoms with van der Waals surface area (Å²) in [4.78, 5) is 33.0. The maximum atomic E-state index is 12.8. The number of pyridine rings is 2. The molecule has 1 atom stereocenters. The highest BCUT2D eigenvalue weighted by Gasteiger charge is 2.23. The zero-order valence-corrected chi connectivity index (χ0v) is 16.1. The topological polar surface area (TPSA) is 108 Å². The van der Waals surface area contributed by atoms with Gasteiger partial charge in [-0.1, -0.05) is 0 Å². The summed E-state index contributed by atoms with van der Waals surface area (Å²) in [5.41, 5.74) is 7.56. The minimum atomic E-state index is -0.171. The molecule has 0 unspecified atom stereocenters. The molecule has 1 aliphatic rings. The lowest BCUT2D eigenvalue weighted by Gasteiger charge is -2.35. The van der Waals surface area contributed by atoms with E-state index in [0.717, 1.165) is 11.4 Å². The first-order valence-electron chi connectivity index (χ1n) is 9.26. The lowest BCUT2D eigenvalue weighted by Crippen LogP contribution is -2.49. The molecule has 0 radical (unpaired) electrons. The van der Waals surface area contributed by atoms with Gasteiger partial charge in [0.05, 0.1) is 11.1 Å². The van der Waals surface area contributed by atoms with Crippen molar-refractivity contribution in [3.63, 3.8) is 0 Å². The molecular formula is C20H24N6O2. The summed E-state index contributed by atoms with van der Waals surface area (Å²) in [5, 5.41) is 9.03. The Morgan fingerprint density at radius 1 is 1.32 bits per heavy atom. The second-order valence-electron chi connectivity index (χ2n) is 7.13. The molecule has 0 aliphatic carbocycles. The van der Waals surface area contributed by atoms with E-state index in [2.05, 4.69) is 16.0 Å². The van der Waals surface area contributed by atoms with Crippen molar-refractivity contribution in [1.29, 1.82) is 5.26 Å². The molecule has 1 fully saturated rings. The largest absolute Gasteiger partial charge is 0.353 e. The zero-order valence-electron chi connectivity index (χ0n) is 16.1. The van der Waals surface area contributed by atoms with Crippen LogP contribution in [-0.4, -0.2) is 52.6 Å². The second kappa shape index (κ2) is 8.23. The summed E-state index contributed by atoms with van der Waals surface area (Å²) in [6.07, 6.45) is 3.18. The Balaban J connectivity index is 1.68. The van der Waals surface area contributed by atoms with Gasteiger partial charge in [0.1, 0.15) is 11.9 Å². The SMILES string of the molecule is Cc1cc(N2CCN(C(=O)c3ccc(=O)n(C[C@H](C)N)c3)CC2)ncc1C#N. The highest BCUT2D eigenvalue weighted by Crippen LogP contribution is 2.18. The number of carbonyl (C=O) groups excluding carboxylic acids is 1. The van der Waals surface area contributed by atoms with Gasteiger partial charge in [-0.3, -0.25) is 9.59 Å². The van der Waals surface area contributed by atoms with Crippen molar-refractivity contribution in [2.45, 2.75) is 26.4 Å². The molecular weight excluding hydrogens is 356 g/mol. The molecule has 0 aromatic carbocycles. The van der Waals surface area contributed by atoms with Gasteiger partial charge in [-0.15, -0.1) is 0 Å². The van der Waals surface area contributed by atoms with Crippen molar-refractivity contribution in [2.24, 2.45) is 5.73 Å². The molecule has 2 aromatic rings. The molecule has 1 saturated heterocycles. The fourth-order valence-corrected chi connectivity index (χ4v) is 3.26. The standard InChI is InChI=1S/C20H24N6O2/c1-14-9-18(23-11-17(14)10-21)24-5-7-25(8-6-24)20(28)16-3-4-19(27)26(13-16)12-15(2)22/h3-4,9,11,13,15H,5-8,12,22H2,1-2H3/t15-/m0/s1. The van der Waals surface area contributed by atoms with E-state index in [9.17, 15) is 9.59 Å². The minimum absolute atomic E-state index is 0.0953. The van der Waals surface area contributed by atoms with Crippen LogP contribution in [0.4, 0.5) is 5.82 Å².